The third-order valence-electron chi connectivity index (χ3n) is 6.74. The van der Waals surface area contributed by atoms with E-state index in [-0.39, 0.29) is 10.5 Å². The van der Waals surface area contributed by atoms with E-state index in [4.69, 9.17) is 27.8 Å². The number of hydrogen-bond donors (Lipinski definition) is 1. The van der Waals surface area contributed by atoms with E-state index in [0.717, 1.165) is 5.56 Å². The Balaban J connectivity index is 1.37. The van der Waals surface area contributed by atoms with E-state index in [1.165, 1.54) is 0 Å². The molecule has 0 aliphatic rings. The molecule has 0 unspecified atom stereocenters. The lowest BCUT2D eigenvalue weighted by atomic mass is 9.99. The van der Waals surface area contributed by atoms with Gasteiger partial charge in [0.25, 0.3) is 0 Å². The van der Waals surface area contributed by atoms with Gasteiger partial charge in [-0.15, -0.1) is 0 Å². The van der Waals surface area contributed by atoms with E-state index < -0.39 is 14.4 Å². The molecular weight excluding hydrogens is 540 g/mol. The minimum absolute atomic E-state index is 0.0942. The second-order valence-electron chi connectivity index (χ2n) is 12.7. The van der Waals surface area contributed by atoms with E-state index in [2.05, 4.69) is 44.2 Å². The van der Waals surface area contributed by atoms with Crippen molar-refractivity contribution in [2.75, 3.05) is 51.6 Å². The summed E-state index contributed by atoms with van der Waals surface area (Å²) in [5, 5.41) is 2.93. The number of benzene rings is 2. The highest BCUT2D eigenvalue weighted by Gasteiger charge is 2.36. The van der Waals surface area contributed by atoms with Crippen molar-refractivity contribution in [2.45, 2.75) is 59.7 Å². The average Bonchev–Trinajstić information content (AvgIpc) is 3.31. The number of fused-ring (bicyclic) bond motifs is 1. The second kappa shape index (κ2) is 14.3. The van der Waals surface area contributed by atoms with E-state index >= 15 is 0 Å². The van der Waals surface area contributed by atoms with Crippen LogP contribution in [-0.4, -0.2) is 65.6 Å². The maximum absolute atomic E-state index is 12.0. The first-order chi connectivity index (χ1) is 19.2. The molecule has 0 bridgehead atoms. The van der Waals surface area contributed by atoms with Crippen LogP contribution in [0.1, 0.15) is 41.5 Å². The van der Waals surface area contributed by atoms with Gasteiger partial charge < -0.3 is 27.8 Å². The average molecular weight is 587 g/mol. The van der Waals surface area contributed by atoms with Crippen molar-refractivity contribution in [3.8, 4) is 17.2 Å². The van der Waals surface area contributed by atoms with Gasteiger partial charge in [-0.05, 0) is 59.9 Å². The standard InChI is InChI=1S/C31H46N2O7Si/c1-30(2,3)22-38-29(34)32-24-11-9-23(10-12-24)28-33-26-21-25(13-14-27(26)40-28)37-19-17-35-15-16-36-18-20-39-41(7,8)31(4,5)6/h9-14,21H,15-20,22H2,1-8H3,(H,32,34). The van der Waals surface area contributed by atoms with Gasteiger partial charge >= 0.3 is 6.09 Å². The number of amides is 1. The summed E-state index contributed by atoms with van der Waals surface area (Å²) in [6.07, 6.45) is -0.483. The highest BCUT2D eigenvalue weighted by Crippen LogP contribution is 2.36. The third kappa shape index (κ3) is 10.8. The molecule has 0 radical (unpaired) electrons. The number of nitrogens with zero attached hydrogens (tertiary/aromatic N) is 1. The first-order valence-corrected chi connectivity index (χ1v) is 17.0. The Labute approximate surface area is 245 Å². The Bertz CT molecular complexity index is 1240. The van der Waals surface area contributed by atoms with Crippen LogP contribution < -0.4 is 10.1 Å². The molecule has 0 saturated heterocycles. The smallest absolute Gasteiger partial charge is 0.411 e. The molecule has 0 fully saturated rings. The number of rotatable bonds is 14. The SMILES string of the molecule is CC(C)(C)COC(=O)Nc1ccc(-c2nc3cc(OCCOCCOCCO[Si](C)(C)C(C)(C)C)ccc3o2)cc1. The van der Waals surface area contributed by atoms with Gasteiger partial charge in [-0.2, -0.15) is 0 Å². The summed E-state index contributed by atoms with van der Waals surface area (Å²) in [5.41, 5.74) is 2.68. The Hall–Kier alpha value is -2.92. The van der Waals surface area contributed by atoms with Crippen molar-refractivity contribution in [1.29, 1.82) is 0 Å². The fraction of sp³-hybridized carbons (Fsp3) is 0.548. The Morgan fingerprint density at radius 2 is 1.51 bits per heavy atom. The van der Waals surface area contributed by atoms with Crippen LogP contribution in [0.25, 0.3) is 22.6 Å². The monoisotopic (exact) mass is 586 g/mol. The molecule has 41 heavy (non-hydrogen) atoms. The van der Waals surface area contributed by atoms with Gasteiger partial charge in [0.05, 0.1) is 39.6 Å². The van der Waals surface area contributed by atoms with E-state index in [1.807, 2.05) is 51.1 Å². The number of hydrogen-bond acceptors (Lipinski definition) is 8. The van der Waals surface area contributed by atoms with Crippen LogP contribution in [0.2, 0.25) is 18.1 Å². The van der Waals surface area contributed by atoms with Gasteiger partial charge in [0.2, 0.25) is 5.89 Å². The number of aromatic nitrogens is 1. The number of carbonyl (C=O) groups excluding carboxylic acids is 1. The normalized spacial score (nSPS) is 12.5. The maximum Gasteiger partial charge on any atom is 0.411 e. The Morgan fingerprint density at radius 1 is 0.878 bits per heavy atom. The van der Waals surface area contributed by atoms with Gasteiger partial charge in [0, 0.05) is 17.3 Å². The van der Waals surface area contributed by atoms with Crippen LogP contribution in [0.5, 0.6) is 5.75 Å². The first kappa shape index (κ1) is 32.6. The van der Waals surface area contributed by atoms with Gasteiger partial charge in [-0.1, -0.05) is 41.5 Å². The van der Waals surface area contributed by atoms with Crippen molar-refractivity contribution in [3.05, 3.63) is 42.5 Å². The minimum Gasteiger partial charge on any atom is -0.491 e. The van der Waals surface area contributed by atoms with Crippen LogP contribution in [0.4, 0.5) is 10.5 Å². The molecule has 1 amide bonds. The molecule has 2 aromatic carbocycles. The number of oxazole rings is 1. The van der Waals surface area contributed by atoms with E-state index in [1.54, 1.807) is 12.1 Å². The van der Waals surface area contributed by atoms with Crippen molar-refractivity contribution in [1.82, 2.24) is 4.98 Å². The van der Waals surface area contributed by atoms with Crippen LogP contribution in [0.15, 0.2) is 46.9 Å². The quantitative estimate of drug-likeness (QED) is 0.153. The number of carbonyl (C=O) groups is 1. The van der Waals surface area contributed by atoms with Crippen LogP contribution in [0, 0.1) is 5.41 Å². The number of anilines is 1. The number of ether oxygens (including phenoxy) is 4. The summed E-state index contributed by atoms with van der Waals surface area (Å²) in [6.45, 7) is 20.6. The zero-order valence-electron chi connectivity index (χ0n) is 25.8. The summed E-state index contributed by atoms with van der Waals surface area (Å²) in [5.74, 6) is 1.17. The molecule has 226 valence electrons. The van der Waals surface area contributed by atoms with Crippen molar-refractivity contribution in [2.24, 2.45) is 5.41 Å². The molecule has 0 aliphatic heterocycles. The maximum atomic E-state index is 12.0. The highest BCUT2D eigenvalue weighted by atomic mass is 28.4. The lowest BCUT2D eigenvalue weighted by molar-refractivity contribution is 0.0260. The predicted molar refractivity (Wildman–Crippen MR) is 164 cm³/mol. The highest BCUT2D eigenvalue weighted by molar-refractivity contribution is 6.74. The fourth-order valence-electron chi connectivity index (χ4n) is 3.37. The van der Waals surface area contributed by atoms with E-state index in [0.29, 0.717) is 74.7 Å². The minimum atomic E-state index is -1.73. The first-order valence-electron chi connectivity index (χ1n) is 14.1. The predicted octanol–water partition coefficient (Wildman–Crippen LogP) is 7.52. The molecule has 1 N–H and O–H groups in total. The molecule has 0 saturated carbocycles. The lowest BCUT2D eigenvalue weighted by Gasteiger charge is -2.36. The summed E-state index contributed by atoms with van der Waals surface area (Å²) in [4.78, 5) is 16.6. The topological polar surface area (TPSA) is 101 Å². The third-order valence-corrected chi connectivity index (χ3v) is 11.3. The summed E-state index contributed by atoms with van der Waals surface area (Å²) in [7, 11) is -1.73. The van der Waals surface area contributed by atoms with Crippen LogP contribution in [-0.2, 0) is 18.6 Å². The molecule has 0 spiro atoms. The van der Waals surface area contributed by atoms with Gasteiger partial charge in [0.15, 0.2) is 13.9 Å². The molecule has 1 heterocycles. The Morgan fingerprint density at radius 3 is 2.15 bits per heavy atom. The van der Waals surface area contributed by atoms with Gasteiger partial charge in [0.1, 0.15) is 17.9 Å². The van der Waals surface area contributed by atoms with Crippen molar-refractivity contribution < 1.29 is 32.6 Å². The van der Waals surface area contributed by atoms with Gasteiger partial charge in [-0.3, -0.25) is 5.32 Å². The zero-order valence-corrected chi connectivity index (χ0v) is 26.8. The zero-order chi connectivity index (χ0) is 30.1. The van der Waals surface area contributed by atoms with E-state index in [9.17, 15) is 4.79 Å². The molecular formula is C31H46N2O7Si. The molecule has 1 aromatic heterocycles. The molecule has 3 rings (SSSR count). The van der Waals surface area contributed by atoms with Crippen molar-refractivity contribution in [3.63, 3.8) is 0 Å². The molecule has 10 heteroatoms. The number of nitrogens with one attached hydrogen (secondary N) is 1. The summed E-state index contributed by atoms with van der Waals surface area (Å²) in [6, 6.07) is 12.8. The molecule has 9 nitrogen and oxygen atoms in total. The second-order valence-corrected chi connectivity index (χ2v) is 17.5. The summed E-state index contributed by atoms with van der Waals surface area (Å²) < 4.78 is 34.3. The fourth-order valence-corrected chi connectivity index (χ4v) is 4.39. The Kier molecular flexibility index (Phi) is 11.4. The molecule has 3 aromatic rings. The van der Waals surface area contributed by atoms with Crippen molar-refractivity contribution >= 4 is 31.2 Å². The van der Waals surface area contributed by atoms with Crippen LogP contribution >= 0.6 is 0 Å². The summed E-state index contributed by atoms with van der Waals surface area (Å²) >= 11 is 0. The lowest BCUT2D eigenvalue weighted by Crippen LogP contribution is -2.41. The molecule has 0 aliphatic carbocycles. The largest absolute Gasteiger partial charge is 0.491 e. The van der Waals surface area contributed by atoms with Crippen LogP contribution in [0.3, 0.4) is 0 Å². The van der Waals surface area contributed by atoms with Gasteiger partial charge in [-0.25, -0.2) is 9.78 Å². The molecule has 0 atom stereocenters.